The molecule has 0 bridgehead atoms. The Balaban J connectivity index is 1.52. The Morgan fingerprint density at radius 3 is 2.67 bits per heavy atom. The van der Waals surface area contributed by atoms with Gasteiger partial charge in [-0.05, 0) is 30.9 Å². The topological polar surface area (TPSA) is 25.2 Å². The summed E-state index contributed by atoms with van der Waals surface area (Å²) in [5.41, 5.74) is 3.99. The number of carbonyl (C=O) groups excluding carboxylic acids is 1. The predicted molar refractivity (Wildman–Crippen MR) is 98.7 cm³/mol. The van der Waals surface area contributed by atoms with Crippen LogP contribution in [0.2, 0.25) is 0 Å². The molecule has 24 heavy (non-hydrogen) atoms. The van der Waals surface area contributed by atoms with E-state index < -0.39 is 0 Å². The van der Waals surface area contributed by atoms with Crippen molar-refractivity contribution < 1.29 is 4.79 Å². The number of carbonyl (C=O) groups is 1. The second kappa shape index (κ2) is 6.46. The first-order valence-corrected chi connectivity index (χ1v) is 9.26. The second-order valence-electron chi connectivity index (χ2n) is 7.27. The Kier molecular flexibility index (Phi) is 4.17. The van der Waals surface area contributed by atoms with Gasteiger partial charge in [0.05, 0.1) is 0 Å². The summed E-state index contributed by atoms with van der Waals surface area (Å²) < 4.78 is 2.20. The van der Waals surface area contributed by atoms with Crippen LogP contribution in [0.4, 0.5) is 0 Å². The van der Waals surface area contributed by atoms with Gasteiger partial charge < -0.3 is 9.47 Å². The number of fused-ring (bicyclic) bond motifs is 1. The highest BCUT2D eigenvalue weighted by Crippen LogP contribution is 2.32. The highest BCUT2D eigenvalue weighted by molar-refractivity contribution is 5.93. The van der Waals surface area contributed by atoms with Crippen molar-refractivity contribution >= 4 is 22.4 Å². The summed E-state index contributed by atoms with van der Waals surface area (Å²) in [6.07, 6.45) is 11.4. The molecule has 0 spiro atoms. The fourth-order valence-corrected chi connectivity index (χ4v) is 4.32. The molecule has 2 aliphatic rings. The monoisotopic (exact) mass is 322 g/mol. The average molecular weight is 322 g/mol. The van der Waals surface area contributed by atoms with Gasteiger partial charge in [0.25, 0.3) is 0 Å². The third kappa shape index (κ3) is 2.77. The Morgan fingerprint density at radius 1 is 1.12 bits per heavy atom. The number of benzene rings is 1. The van der Waals surface area contributed by atoms with Crippen molar-refractivity contribution in [2.45, 2.75) is 38.5 Å². The fourth-order valence-electron chi connectivity index (χ4n) is 4.32. The molecule has 1 aromatic carbocycles. The molecule has 1 aliphatic heterocycles. The summed E-state index contributed by atoms with van der Waals surface area (Å²) in [5, 5.41) is 1.32. The van der Waals surface area contributed by atoms with Crippen molar-refractivity contribution in [1.29, 1.82) is 0 Å². The highest BCUT2D eigenvalue weighted by Gasteiger charge is 2.27. The minimum absolute atomic E-state index is 0.284. The molecule has 0 atom stereocenters. The molecule has 0 N–H and O–H groups in total. The summed E-state index contributed by atoms with van der Waals surface area (Å²) in [7, 11) is 2.11. The van der Waals surface area contributed by atoms with E-state index in [9.17, 15) is 4.79 Å². The van der Waals surface area contributed by atoms with E-state index >= 15 is 0 Å². The molecule has 126 valence electrons. The number of aromatic nitrogens is 1. The number of hydrogen-bond donors (Lipinski definition) is 0. The molecule has 0 unspecified atom stereocenters. The van der Waals surface area contributed by atoms with Gasteiger partial charge in [0.15, 0.2) is 0 Å². The quantitative estimate of drug-likeness (QED) is 0.806. The molecular weight excluding hydrogens is 296 g/mol. The molecule has 1 fully saturated rings. The minimum Gasteiger partial charge on any atom is -0.350 e. The molecule has 2 heterocycles. The molecule has 0 radical (unpaired) electrons. The summed E-state index contributed by atoms with van der Waals surface area (Å²) in [4.78, 5) is 14.8. The van der Waals surface area contributed by atoms with Crippen LogP contribution in [0.5, 0.6) is 0 Å². The van der Waals surface area contributed by atoms with Gasteiger partial charge in [-0.3, -0.25) is 4.79 Å². The van der Waals surface area contributed by atoms with Crippen molar-refractivity contribution in [1.82, 2.24) is 9.47 Å². The maximum absolute atomic E-state index is 12.7. The first-order chi connectivity index (χ1) is 11.7. The van der Waals surface area contributed by atoms with Gasteiger partial charge in [0.1, 0.15) is 0 Å². The maximum atomic E-state index is 12.7. The molecule has 0 saturated heterocycles. The van der Waals surface area contributed by atoms with E-state index in [-0.39, 0.29) is 5.92 Å². The van der Waals surface area contributed by atoms with Crippen LogP contribution in [-0.4, -0.2) is 28.5 Å². The van der Waals surface area contributed by atoms with Crippen LogP contribution >= 0.6 is 0 Å². The average Bonchev–Trinajstić information content (AvgIpc) is 2.99. The molecule has 1 amide bonds. The van der Waals surface area contributed by atoms with E-state index in [1.54, 1.807) is 0 Å². The lowest BCUT2D eigenvalue weighted by atomic mass is 9.87. The lowest BCUT2D eigenvalue weighted by Crippen LogP contribution is -2.39. The molecule has 1 saturated carbocycles. The third-order valence-electron chi connectivity index (χ3n) is 5.72. The van der Waals surface area contributed by atoms with Gasteiger partial charge in [-0.25, -0.2) is 0 Å². The number of nitrogens with zero attached hydrogens (tertiary/aromatic N) is 2. The summed E-state index contributed by atoms with van der Waals surface area (Å²) in [6.45, 7) is 1.64. The molecule has 3 heteroatoms. The van der Waals surface area contributed by atoms with Gasteiger partial charge in [0.2, 0.25) is 5.91 Å². The lowest BCUT2D eigenvalue weighted by molar-refractivity contribution is -0.136. The number of para-hydroxylation sites is 1. The van der Waals surface area contributed by atoms with E-state index in [1.807, 2.05) is 0 Å². The van der Waals surface area contributed by atoms with Crippen molar-refractivity contribution in [3.05, 3.63) is 42.1 Å². The first-order valence-electron chi connectivity index (χ1n) is 9.26. The third-order valence-corrected chi connectivity index (χ3v) is 5.72. The van der Waals surface area contributed by atoms with E-state index in [4.69, 9.17) is 0 Å². The molecular formula is C21H26N2O. The Labute approximate surface area is 143 Å². The summed E-state index contributed by atoms with van der Waals surface area (Å²) >= 11 is 0. The van der Waals surface area contributed by atoms with Crippen molar-refractivity contribution in [3.8, 4) is 0 Å². The molecule has 3 nitrogen and oxygen atoms in total. The van der Waals surface area contributed by atoms with E-state index in [1.165, 1.54) is 41.3 Å². The van der Waals surface area contributed by atoms with Gasteiger partial charge in [-0.15, -0.1) is 0 Å². The standard InChI is InChI=1S/C21H26N2O/c1-22-15-19(18-9-5-6-10-20(18)22)16-11-13-23(14-12-16)21(24)17-7-3-2-4-8-17/h5-6,9-11,15,17H,2-4,7-8,12-14H2,1H3. The number of rotatable bonds is 2. The SMILES string of the molecule is Cn1cc(C2=CCN(C(=O)C3CCCCC3)CC2)c2ccccc21. The van der Waals surface area contributed by atoms with Gasteiger partial charge in [-0.1, -0.05) is 43.5 Å². The Bertz CT molecular complexity index is 780. The van der Waals surface area contributed by atoms with Crippen LogP contribution in [0.3, 0.4) is 0 Å². The number of aryl methyl sites for hydroxylation is 1. The molecule has 2 aromatic rings. The molecule has 1 aliphatic carbocycles. The maximum Gasteiger partial charge on any atom is 0.225 e. The van der Waals surface area contributed by atoms with E-state index in [2.05, 4.69) is 53.1 Å². The fraction of sp³-hybridized carbons (Fsp3) is 0.476. The number of hydrogen-bond acceptors (Lipinski definition) is 1. The van der Waals surface area contributed by atoms with Crippen molar-refractivity contribution in [2.24, 2.45) is 13.0 Å². The largest absolute Gasteiger partial charge is 0.350 e. The van der Waals surface area contributed by atoms with Crippen molar-refractivity contribution in [3.63, 3.8) is 0 Å². The Morgan fingerprint density at radius 2 is 1.92 bits per heavy atom. The minimum atomic E-state index is 0.284. The highest BCUT2D eigenvalue weighted by atomic mass is 16.2. The zero-order valence-electron chi connectivity index (χ0n) is 14.5. The first kappa shape index (κ1) is 15.5. The van der Waals surface area contributed by atoms with Crippen molar-refractivity contribution in [2.75, 3.05) is 13.1 Å². The van der Waals surface area contributed by atoms with E-state index in [0.717, 1.165) is 32.4 Å². The van der Waals surface area contributed by atoms with Crippen LogP contribution < -0.4 is 0 Å². The van der Waals surface area contributed by atoms with Gasteiger partial charge in [0, 0.05) is 48.7 Å². The summed E-state index contributed by atoms with van der Waals surface area (Å²) in [5.74, 6) is 0.675. The zero-order chi connectivity index (χ0) is 16.5. The smallest absolute Gasteiger partial charge is 0.225 e. The van der Waals surface area contributed by atoms with Crippen LogP contribution in [0.1, 0.15) is 44.1 Å². The Hall–Kier alpha value is -2.03. The van der Waals surface area contributed by atoms with E-state index in [0.29, 0.717) is 5.91 Å². The number of amides is 1. The van der Waals surface area contributed by atoms with Gasteiger partial charge in [-0.2, -0.15) is 0 Å². The summed E-state index contributed by atoms with van der Waals surface area (Å²) in [6, 6.07) is 8.56. The normalized spacial score (nSPS) is 19.5. The second-order valence-corrected chi connectivity index (χ2v) is 7.27. The molecule has 4 rings (SSSR count). The zero-order valence-corrected chi connectivity index (χ0v) is 14.5. The van der Waals surface area contributed by atoms with Gasteiger partial charge >= 0.3 is 0 Å². The lowest BCUT2D eigenvalue weighted by Gasteiger charge is -2.31. The molecule has 1 aromatic heterocycles. The van der Waals surface area contributed by atoms with Crippen LogP contribution in [0, 0.1) is 5.92 Å². The van der Waals surface area contributed by atoms with Crippen LogP contribution in [-0.2, 0) is 11.8 Å². The predicted octanol–water partition coefficient (Wildman–Crippen LogP) is 4.37. The van der Waals surface area contributed by atoms with Crippen LogP contribution in [0.15, 0.2) is 36.5 Å². The van der Waals surface area contributed by atoms with Crippen LogP contribution in [0.25, 0.3) is 16.5 Å².